The Morgan fingerprint density at radius 1 is 0.960 bits per heavy atom. The number of fused-ring (bicyclic) bond motifs is 2. The number of Topliss-reactive ketones (excluding diaryl/α,β-unsaturated/α-hetero) is 1. The Morgan fingerprint density at radius 3 is 2.14 bits per heavy atom. The number of anilines is 1. The summed E-state index contributed by atoms with van der Waals surface area (Å²) in [6, 6.07) is 11.0. The molecule has 5 rings (SSSR count). The normalized spacial score (nSPS) is 18.6. The number of hydrogen-bond donors (Lipinski definition) is 6. The predicted octanol–water partition coefficient (Wildman–Crippen LogP) is 3.82. The summed E-state index contributed by atoms with van der Waals surface area (Å²) in [5.41, 5.74) is 1.73. The molecule has 256 valence electrons. The van der Waals surface area contributed by atoms with Crippen LogP contribution in [0.15, 0.2) is 76.5 Å². The summed E-state index contributed by atoms with van der Waals surface area (Å²) >= 11 is 0. The van der Waals surface area contributed by atoms with Gasteiger partial charge in [-0.05, 0) is 61.7 Å². The fraction of sp³-hybridized carbons (Fsp3) is 0.297. The minimum absolute atomic E-state index is 0.00338. The molecule has 0 saturated carbocycles. The number of nitrogens with one attached hydrogen (secondary N) is 1. The van der Waals surface area contributed by atoms with Gasteiger partial charge in [-0.15, -0.1) is 0 Å². The van der Waals surface area contributed by atoms with E-state index in [1.165, 1.54) is 24.3 Å². The van der Waals surface area contributed by atoms with Crippen molar-refractivity contribution in [2.45, 2.75) is 57.7 Å². The number of aliphatic hydroxyl groups is 2. The SMILES string of the molecule is CC1(C)C(/C=C2\C(=O)C(/C=C3/N(CCC(=O)O)c4ccc(C(=O)O)cc4C3(C)C)=C2C(=C=N)C#N)=[N+](CCC(O)O)c2ccc(C(=O)O)cc21. The molecule has 0 bridgehead atoms. The van der Waals surface area contributed by atoms with Gasteiger partial charge in [0.25, 0.3) is 0 Å². The van der Waals surface area contributed by atoms with Gasteiger partial charge in [-0.3, -0.25) is 15.0 Å². The number of aliphatic hydroxyl groups excluding tert-OH is 1. The van der Waals surface area contributed by atoms with Crippen LogP contribution >= 0.6 is 0 Å². The van der Waals surface area contributed by atoms with Crippen LogP contribution in [0.1, 0.15) is 72.4 Å². The topological polar surface area (TPSA) is 223 Å². The number of hydrogen-bond acceptors (Lipinski definition) is 9. The third kappa shape index (κ3) is 5.86. The van der Waals surface area contributed by atoms with Crippen molar-refractivity contribution in [1.82, 2.24) is 0 Å². The molecule has 2 heterocycles. The van der Waals surface area contributed by atoms with E-state index in [-0.39, 0.29) is 59.4 Å². The molecule has 0 atom stereocenters. The first kappa shape index (κ1) is 35.4. The van der Waals surface area contributed by atoms with Crippen LogP contribution in [0.2, 0.25) is 0 Å². The van der Waals surface area contributed by atoms with E-state index >= 15 is 0 Å². The highest BCUT2D eigenvalue weighted by atomic mass is 16.5. The van der Waals surface area contributed by atoms with Crippen molar-refractivity contribution in [3.05, 3.63) is 98.8 Å². The molecule has 2 aromatic rings. The third-order valence-corrected chi connectivity index (χ3v) is 9.51. The summed E-state index contributed by atoms with van der Waals surface area (Å²) in [5, 5.41) is 66.1. The number of allylic oxidation sites excluding steroid dienone is 7. The van der Waals surface area contributed by atoms with Gasteiger partial charge in [0, 0.05) is 57.8 Å². The van der Waals surface area contributed by atoms with Crippen LogP contribution in [0, 0.1) is 16.7 Å². The van der Waals surface area contributed by atoms with Crippen LogP contribution < -0.4 is 4.90 Å². The maximum absolute atomic E-state index is 14.1. The molecule has 13 heteroatoms. The van der Waals surface area contributed by atoms with E-state index < -0.39 is 40.8 Å². The van der Waals surface area contributed by atoms with Crippen LogP contribution in [0.4, 0.5) is 11.4 Å². The molecule has 6 N–H and O–H groups in total. The Balaban J connectivity index is 1.72. The van der Waals surface area contributed by atoms with Crippen LogP contribution in [0.25, 0.3) is 0 Å². The number of rotatable bonds is 11. The number of benzene rings is 2. The summed E-state index contributed by atoms with van der Waals surface area (Å²) in [5.74, 6) is -1.70. The second-order valence-corrected chi connectivity index (χ2v) is 13.2. The Kier molecular flexibility index (Phi) is 9.08. The van der Waals surface area contributed by atoms with E-state index in [0.717, 1.165) is 0 Å². The fourth-order valence-corrected chi connectivity index (χ4v) is 6.89. The first-order valence-corrected chi connectivity index (χ1v) is 15.6. The number of ketones is 1. The van der Waals surface area contributed by atoms with Gasteiger partial charge in [0.1, 0.15) is 11.6 Å². The Hall–Kier alpha value is -5.93. The van der Waals surface area contributed by atoms with Gasteiger partial charge in [-0.2, -0.15) is 9.84 Å². The first-order chi connectivity index (χ1) is 23.4. The Morgan fingerprint density at radius 2 is 1.58 bits per heavy atom. The van der Waals surface area contributed by atoms with Gasteiger partial charge in [-0.25, -0.2) is 9.59 Å². The van der Waals surface area contributed by atoms with Crippen molar-refractivity contribution in [3.8, 4) is 6.07 Å². The average Bonchev–Trinajstić information content (AvgIpc) is 3.40. The van der Waals surface area contributed by atoms with Crippen LogP contribution in [-0.2, 0) is 20.4 Å². The van der Waals surface area contributed by atoms with E-state index in [0.29, 0.717) is 33.9 Å². The van der Waals surface area contributed by atoms with Crippen molar-refractivity contribution in [2.75, 3.05) is 18.0 Å². The Labute approximate surface area is 286 Å². The minimum Gasteiger partial charge on any atom is -0.481 e. The minimum atomic E-state index is -1.64. The predicted molar refractivity (Wildman–Crippen MR) is 180 cm³/mol. The molecule has 2 aromatic carbocycles. The maximum Gasteiger partial charge on any atom is 0.335 e. The number of carbonyl (C=O) groups excluding carboxylic acids is 1. The average molecular weight is 680 g/mol. The lowest BCUT2D eigenvalue weighted by Gasteiger charge is -2.30. The van der Waals surface area contributed by atoms with Gasteiger partial charge >= 0.3 is 17.9 Å². The molecule has 0 amide bonds. The molecule has 3 aliphatic rings. The van der Waals surface area contributed by atoms with Crippen molar-refractivity contribution in [3.63, 3.8) is 0 Å². The van der Waals surface area contributed by atoms with Gasteiger partial charge in [0.05, 0.1) is 29.4 Å². The van der Waals surface area contributed by atoms with Crippen molar-refractivity contribution in [2.24, 2.45) is 0 Å². The highest BCUT2D eigenvalue weighted by Gasteiger charge is 2.48. The molecule has 0 unspecified atom stereocenters. The maximum atomic E-state index is 14.1. The molecule has 0 spiro atoms. The van der Waals surface area contributed by atoms with Gasteiger partial charge < -0.3 is 30.4 Å². The fourth-order valence-electron chi connectivity index (χ4n) is 6.89. The Bertz CT molecular complexity index is 2120. The second-order valence-electron chi connectivity index (χ2n) is 13.2. The third-order valence-electron chi connectivity index (χ3n) is 9.51. The first-order valence-electron chi connectivity index (χ1n) is 15.6. The number of carboxylic acids is 3. The van der Waals surface area contributed by atoms with E-state index in [2.05, 4.69) is 5.87 Å². The number of nitriles is 1. The van der Waals surface area contributed by atoms with Gasteiger partial charge in [0.2, 0.25) is 5.69 Å². The molecular weight excluding hydrogens is 644 g/mol. The molecule has 0 radical (unpaired) electrons. The summed E-state index contributed by atoms with van der Waals surface area (Å²) in [6.45, 7) is 7.39. The number of aliphatic carboxylic acids is 1. The summed E-state index contributed by atoms with van der Waals surface area (Å²) < 4.78 is 1.76. The van der Waals surface area contributed by atoms with Crippen LogP contribution in [-0.4, -0.2) is 84.8 Å². The van der Waals surface area contributed by atoms with Crippen molar-refractivity contribution in [1.29, 1.82) is 10.7 Å². The summed E-state index contributed by atoms with van der Waals surface area (Å²) in [4.78, 5) is 51.1. The molecule has 0 fully saturated rings. The largest absolute Gasteiger partial charge is 0.481 e. The number of nitrogens with zero attached hydrogens (tertiary/aromatic N) is 3. The standard InChI is InChI=1S/C37H34N4O9/c1-36(2)24-13-19(34(47)48)5-7-26(24)40(11-9-30(42)43)28(36)15-22-32(21(17-38)18-39)23(33(22)46)16-29-37(3,4)25-14-20(35(49)50)6-8-27(25)41(29)12-10-31(44)45/h5-8,13-16,30,38,42-43H,9-12H2,1-4H3,(H2-,44,45,47,48,49,50)/p+1. The summed E-state index contributed by atoms with van der Waals surface area (Å²) in [7, 11) is 0. The molecule has 2 aliphatic heterocycles. The smallest absolute Gasteiger partial charge is 0.335 e. The van der Waals surface area contributed by atoms with Gasteiger partial charge in [-0.1, -0.05) is 13.8 Å². The second kappa shape index (κ2) is 12.8. The van der Waals surface area contributed by atoms with Crippen molar-refractivity contribution < 1.29 is 49.3 Å². The van der Waals surface area contributed by atoms with Crippen LogP contribution in [0.3, 0.4) is 0 Å². The van der Waals surface area contributed by atoms with E-state index in [4.69, 9.17) is 5.41 Å². The molecule has 1 aliphatic carbocycles. The molecular formula is C37H35N4O9+. The molecule has 50 heavy (non-hydrogen) atoms. The molecule has 0 saturated heterocycles. The molecule has 13 nitrogen and oxygen atoms in total. The van der Waals surface area contributed by atoms with Crippen molar-refractivity contribution >= 4 is 46.6 Å². The van der Waals surface area contributed by atoms with Crippen LogP contribution in [0.5, 0.6) is 0 Å². The van der Waals surface area contributed by atoms with E-state index in [1.807, 2.05) is 33.8 Å². The zero-order valence-corrected chi connectivity index (χ0v) is 27.7. The number of aromatic carboxylic acids is 2. The monoisotopic (exact) mass is 679 g/mol. The van der Waals surface area contributed by atoms with E-state index in [1.54, 1.807) is 33.8 Å². The lowest BCUT2D eigenvalue weighted by atomic mass is 9.73. The lowest BCUT2D eigenvalue weighted by molar-refractivity contribution is -0.442. The van der Waals surface area contributed by atoms with Gasteiger partial charge in [0.15, 0.2) is 24.3 Å². The molecule has 0 aromatic heterocycles. The zero-order chi connectivity index (χ0) is 36.9. The number of carbonyl (C=O) groups is 4. The lowest BCUT2D eigenvalue weighted by Crippen LogP contribution is -2.33. The number of carboxylic acid groups (broad SMARTS) is 3. The quantitative estimate of drug-likeness (QED) is 0.0658. The zero-order valence-electron chi connectivity index (χ0n) is 27.7. The van der Waals surface area contributed by atoms with E-state index in [9.17, 15) is 50.0 Å². The summed E-state index contributed by atoms with van der Waals surface area (Å²) in [6.07, 6.45) is 1.12. The highest BCUT2D eigenvalue weighted by Crippen LogP contribution is 2.50. The highest BCUT2D eigenvalue weighted by molar-refractivity contribution is 6.27.